The zero-order valence-electron chi connectivity index (χ0n) is 21.5. The summed E-state index contributed by atoms with van der Waals surface area (Å²) in [6.07, 6.45) is 5.88. The molecule has 0 amide bonds. The Labute approximate surface area is 244 Å². The maximum atomic E-state index is 11.3. The Hall–Kier alpha value is -1.77. The number of rotatable bonds is 12. The molecule has 3 aromatic rings. The van der Waals surface area contributed by atoms with E-state index in [-0.39, 0.29) is 12.4 Å². The molecule has 0 saturated heterocycles. The first-order valence-electron chi connectivity index (χ1n) is 12.3. The van der Waals surface area contributed by atoms with Gasteiger partial charge < -0.3 is 4.90 Å². The predicted octanol–water partition coefficient (Wildman–Crippen LogP) is 6.22. The SMILES string of the molecule is CCC(=Cc1sc2ccc(Cl)cc2[n+]1CCCOS(=O)O)C=C1Sc2ccc(C)cc2N1CCCS(=O)(=O)O. The highest BCUT2D eigenvalue weighted by molar-refractivity contribution is 8.03. The summed E-state index contributed by atoms with van der Waals surface area (Å²) in [6, 6.07) is 12.0. The Morgan fingerprint density at radius 3 is 2.74 bits per heavy atom. The lowest BCUT2D eigenvalue weighted by Crippen LogP contribution is -2.35. The van der Waals surface area contributed by atoms with E-state index in [1.54, 1.807) is 23.1 Å². The molecule has 0 radical (unpaired) electrons. The molecule has 0 spiro atoms. The van der Waals surface area contributed by atoms with Crippen molar-refractivity contribution in [2.24, 2.45) is 0 Å². The van der Waals surface area contributed by atoms with Crippen molar-refractivity contribution in [3.05, 3.63) is 68.7 Å². The number of allylic oxidation sites excluding steroid dienone is 2. The van der Waals surface area contributed by atoms with E-state index >= 15 is 0 Å². The third-order valence-electron chi connectivity index (χ3n) is 6.10. The van der Waals surface area contributed by atoms with Crippen LogP contribution in [-0.4, -0.2) is 40.6 Å². The van der Waals surface area contributed by atoms with Crippen LogP contribution in [-0.2, 0) is 32.2 Å². The number of aryl methyl sites for hydroxylation is 2. The Kier molecular flexibility index (Phi) is 10.3. The average Bonchev–Trinajstić information content (AvgIpc) is 3.37. The molecule has 1 aromatic heterocycles. The van der Waals surface area contributed by atoms with E-state index in [0.717, 1.165) is 48.4 Å². The summed E-state index contributed by atoms with van der Waals surface area (Å²) in [6.45, 7) is 5.30. The monoisotopic (exact) mass is 629 g/mol. The summed E-state index contributed by atoms with van der Waals surface area (Å²) in [4.78, 5) is 3.22. The first-order chi connectivity index (χ1) is 18.5. The van der Waals surface area contributed by atoms with Crippen LogP contribution in [0.3, 0.4) is 0 Å². The number of benzene rings is 2. The lowest BCUT2D eigenvalue weighted by Gasteiger charge is -2.21. The molecule has 2 N–H and O–H groups in total. The molecule has 1 unspecified atom stereocenters. The quantitative estimate of drug-likeness (QED) is 0.105. The largest absolute Gasteiger partial charge is 0.335 e. The van der Waals surface area contributed by atoms with Crippen LogP contribution in [0.2, 0.25) is 5.02 Å². The van der Waals surface area contributed by atoms with Crippen LogP contribution in [0.4, 0.5) is 5.69 Å². The molecule has 2 aromatic carbocycles. The van der Waals surface area contributed by atoms with Gasteiger partial charge in [0.1, 0.15) is 4.70 Å². The minimum atomic E-state index is -4.04. The predicted molar refractivity (Wildman–Crippen MR) is 160 cm³/mol. The van der Waals surface area contributed by atoms with Crippen LogP contribution >= 0.6 is 34.7 Å². The molecule has 1 atom stereocenters. The van der Waals surface area contributed by atoms with E-state index in [0.29, 0.717) is 31.0 Å². The van der Waals surface area contributed by atoms with Crippen molar-refractivity contribution in [2.75, 3.05) is 23.8 Å². The zero-order valence-corrected chi connectivity index (χ0v) is 25.5. The summed E-state index contributed by atoms with van der Waals surface area (Å²) in [5.41, 5.74) is 4.21. The number of fused-ring (bicyclic) bond motifs is 2. The van der Waals surface area contributed by atoms with Crippen LogP contribution < -0.4 is 9.47 Å². The maximum absolute atomic E-state index is 11.3. The second-order valence-electron chi connectivity index (χ2n) is 9.02. The molecule has 1 aliphatic rings. The topological polar surface area (TPSA) is 108 Å². The third-order valence-corrected chi connectivity index (χ3v) is 9.73. The Morgan fingerprint density at radius 1 is 1.23 bits per heavy atom. The van der Waals surface area contributed by atoms with Crippen molar-refractivity contribution in [1.82, 2.24) is 0 Å². The fourth-order valence-corrected chi connectivity index (χ4v) is 7.49. The van der Waals surface area contributed by atoms with Crippen molar-refractivity contribution < 1.29 is 30.5 Å². The highest BCUT2D eigenvalue weighted by Gasteiger charge is 2.26. The fourth-order valence-electron chi connectivity index (χ4n) is 4.28. The number of thioether (sulfide) groups is 1. The van der Waals surface area contributed by atoms with Gasteiger partial charge in [-0.25, -0.2) is 0 Å². The summed E-state index contributed by atoms with van der Waals surface area (Å²) >= 11 is 7.28. The number of nitrogens with zero attached hydrogens (tertiary/aromatic N) is 2. The minimum Gasteiger partial charge on any atom is -0.335 e. The molecular weight excluding hydrogens is 600 g/mol. The van der Waals surface area contributed by atoms with Crippen LogP contribution in [0, 0.1) is 6.92 Å². The normalized spacial score (nSPS) is 15.9. The Bertz CT molecular complexity index is 1550. The van der Waals surface area contributed by atoms with E-state index in [2.05, 4.69) is 46.7 Å². The molecule has 13 heteroatoms. The van der Waals surface area contributed by atoms with Gasteiger partial charge in [0.05, 0.1) is 23.1 Å². The molecule has 0 saturated carbocycles. The van der Waals surface area contributed by atoms with Gasteiger partial charge in [0.2, 0.25) is 5.52 Å². The van der Waals surface area contributed by atoms with Gasteiger partial charge in [0.15, 0.2) is 6.54 Å². The van der Waals surface area contributed by atoms with E-state index < -0.39 is 21.5 Å². The van der Waals surface area contributed by atoms with Gasteiger partial charge >= 0.3 is 11.4 Å². The van der Waals surface area contributed by atoms with E-state index in [1.807, 2.05) is 25.1 Å². The second kappa shape index (κ2) is 13.3. The van der Waals surface area contributed by atoms with Gasteiger partial charge in [-0.2, -0.15) is 17.2 Å². The smallest absolute Gasteiger partial charge is 0.301 e. The Balaban J connectivity index is 1.68. The van der Waals surface area contributed by atoms with Crippen molar-refractivity contribution in [2.45, 2.75) is 44.6 Å². The van der Waals surface area contributed by atoms with Gasteiger partial charge in [-0.15, -0.1) is 0 Å². The number of thiazole rings is 1. The highest BCUT2D eigenvalue weighted by atomic mass is 35.5. The molecule has 0 bridgehead atoms. The van der Waals surface area contributed by atoms with Crippen molar-refractivity contribution in [1.29, 1.82) is 0 Å². The van der Waals surface area contributed by atoms with Gasteiger partial charge in [0.25, 0.3) is 15.1 Å². The zero-order chi connectivity index (χ0) is 28.2. The maximum Gasteiger partial charge on any atom is 0.301 e. The van der Waals surface area contributed by atoms with Crippen molar-refractivity contribution >= 4 is 78.2 Å². The summed E-state index contributed by atoms with van der Waals surface area (Å²) < 4.78 is 59.7. The van der Waals surface area contributed by atoms with Gasteiger partial charge in [-0.1, -0.05) is 47.7 Å². The minimum absolute atomic E-state index is 0.148. The van der Waals surface area contributed by atoms with Crippen LogP contribution in [0.25, 0.3) is 16.3 Å². The fraction of sp³-hybridized carbons (Fsp3) is 0.346. The number of hydrogen-bond donors (Lipinski definition) is 2. The third kappa shape index (κ3) is 8.14. The average molecular weight is 630 g/mol. The first kappa shape index (κ1) is 30.2. The lowest BCUT2D eigenvalue weighted by atomic mass is 10.1. The lowest BCUT2D eigenvalue weighted by molar-refractivity contribution is -0.669. The number of halogens is 1. The molecule has 8 nitrogen and oxygen atoms in total. The van der Waals surface area contributed by atoms with Crippen LogP contribution in [0.15, 0.2) is 58.0 Å². The van der Waals surface area contributed by atoms with E-state index in [1.165, 1.54) is 0 Å². The van der Waals surface area contributed by atoms with Gasteiger partial charge in [-0.05, 0) is 61.2 Å². The highest BCUT2D eigenvalue weighted by Crippen LogP contribution is 2.47. The molecule has 4 rings (SSSR count). The first-order valence-corrected chi connectivity index (χ1v) is 17.0. The molecule has 39 heavy (non-hydrogen) atoms. The van der Waals surface area contributed by atoms with Gasteiger partial charge in [0, 0.05) is 35.0 Å². The van der Waals surface area contributed by atoms with Crippen LogP contribution in [0.5, 0.6) is 0 Å². The molecule has 210 valence electrons. The molecule has 1 aliphatic heterocycles. The van der Waals surface area contributed by atoms with E-state index in [4.69, 9.17) is 20.3 Å². The second-order valence-corrected chi connectivity index (χ2v) is 13.8. The molecule has 2 heterocycles. The van der Waals surface area contributed by atoms with Crippen molar-refractivity contribution in [3.63, 3.8) is 0 Å². The molecular formula is C26H30ClN2O6S4+. The van der Waals surface area contributed by atoms with Crippen LogP contribution in [0.1, 0.15) is 36.8 Å². The summed E-state index contributed by atoms with van der Waals surface area (Å²) in [5.74, 6) is -0.295. The summed E-state index contributed by atoms with van der Waals surface area (Å²) in [7, 11) is -4.04. The number of hydrogen-bond acceptors (Lipinski definition) is 7. The number of anilines is 1. The molecule has 0 fully saturated rings. The van der Waals surface area contributed by atoms with Gasteiger partial charge in [-0.3, -0.25) is 13.3 Å². The Morgan fingerprint density at radius 2 is 2.03 bits per heavy atom. The molecule has 0 aliphatic carbocycles. The van der Waals surface area contributed by atoms with E-state index in [9.17, 15) is 17.2 Å². The number of aromatic nitrogens is 1. The van der Waals surface area contributed by atoms with Crippen molar-refractivity contribution in [3.8, 4) is 0 Å². The standard InChI is InChI=1S/C26H29ClN2O6S4/c1-3-19(15-25-28(10-4-12-35-38(30)31)22-17-20(27)7-9-24(22)37-25)16-26-29(11-5-13-39(32,33)34)21-14-18(2)6-8-23(21)36-26/h6-9,14-17H,3-5,10-13H2,1-2H3,(H-,30,31,32,33,34)/p+1. The summed E-state index contributed by atoms with van der Waals surface area (Å²) in [5, 5.41) is 2.64.